The van der Waals surface area contributed by atoms with Gasteiger partial charge >= 0.3 is 11.7 Å². The smallest absolute Gasteiger partial charge is 0.349 e. The fraction of sp³-hybridized carbons (Fsp3) is 0.375. The lowest BCUT2D eigenvalue weighted by molar-refractivity contribution is 0.0696. The van der Waals surface area contributed by atoms with Crippen LogP contribution in [0.25, 0.3) is 0 Å². The van der Waals surface area contributed by atoms with Gasteiger partial charge in [-0.15, -0.1) is 0 Å². The molecule has 1 unspecified atom stereocenters. The Morgan fingerprint density at radius 2 is 2.40 bits per heavy atom. The molecule has 6 nitrogen and oxygen atoms in total. The quantitative estimate of drug-likeness (QED) is 0.618. The molecule has 82 valence electrons. The third-order valence-electron chi connectivity index (χ3n) is 1.70. The number of nitrogens with two attached hydrogens (primary N) is 1. The van der Waals surface area contributed by atoms with Gasteiger partial charge in [0.15, 0.2) is 0 Å². The molecule has 1 aromatic heterocycles. The molecular weight excluding hydrogens is 313 g/mol. The second-order valence-corrected chi connectivity index (χ2v) is 5.19. The van der Waals surface area contributed by atoms with E-state index in [0.29, 0.717) is 6.54 Å². The zero-order chi connectivity index (χ0) is 11.6. The van der Waals surface area contributed by atoms with Crippen LogP contribution in [-0.2, 0) is 6.54 Å². The lowest BCUT2D eigenvalue weighted by Gasteiger charge is -2.08. The van der Waals surface area contributed by atoms with Crippen molar-refractivity contribution in [2.45, 2.75) is 17.4 Å². The Morgan fingerprint density at radius 3 is 2.87 bits per heavy atom. The Labute approximate surface area is 99.3 Å². The summed E-state index contributed by atoms with van der Waals surface area (Å²) >= 11 is 2.13. The van der Waals surface area contributed by atoms with E-state index in [1.54, 1.807) is 0 Å². The standard InChI is InChI=1S/C8H10IN3O3/c1-4(9)2-12-3-5(7(13)14)6(10)11-8(12)15/h3-4H,2H2,1H3,(H,13,14)(H2,10,11,15). The van der Waals surface area contributed by atoms with Gasteiger partial charge in [0, 0.05) is 16.7 Å². The molecular formula is C8H10IN3O3. The summed E-state index contributed by atoms with van der Waals surface area (Å²) in [7, 11) is 0. The van der Waals surface area contributed by atoms with Crippen LogP contribution in [-0.4, -0.2) is 24.6 Å². The Hall–Kier alpha value is -1.12. The minimum absolute atomic E-state index is 0.147. The molecule has 0 spiro atoms. The van der Waals surface area contributed by atoms with Crippen LogP contribution in [0.1, 0.15) is 17.3 Å². The predicted octanol–water partition coefficient (Wildman–Crippen LogP) is 0.347. The highest BCUT2D eigenvalue weighted by Gasteiger charge is 2.12. The number of halogens is 1. The number of hydrogen-bond donors (Lipinski definition) is 2. The number of hydrogen-bond acceptors (Lipinski definition) is 4. The molecule has 3 N–H and O–H groups in total. The molecule has 0 saturated heterocycles. The Balaban J connectivity index is 3.24. The van der Waals surface area contributed by atoms with Crippen molar-refractivity contribution in [3.05, 3.63) is 22.2 Å². The molecule has 0 aliphatic rings. The molecule has 0 aliphatic carbocycles. The van der Waals surface area contributed by atoms with E-state index < -0.39 is 11.7 Å². The summed E-state index contributed by atoms with van der Waals surface area (Å²) in [6.45, 7) is 2.32. The first-order chi connectivity index (χ1) is 6.91. The molecule has 0 amide bonds. The number of carboxylic acid groups (broad SMARTS) is 1. The molecule has 7 heteroatoms. The fourth-order valence-electron chi connectivity index (χ4n) is 1.07. The first-order valence-corrected chi connectivity index (χ1v) is 5.40. The zero-order valence-electron chi connectivity index (χ0n) is 7.98. The van der Waals surface area contributed by atoms with E-state index >= 15 is 0 Å². The highest BCUT2D eigenvalue weighted by atomic mass is 127. The van der Waals surface area contributed by atoms with Gasteiger partial charge in [0.2, 0.25) is 0 Å². The average Bonchev–Trinajstić information content (AvgIpc) is 2.08. The number of nitrogen functional groups attached to an aromatic ring is 1. The molecule has 0 bridgehead atoms. The largest absolute Gasteiger partial charge is 0.478 e. The maximum Gasteiger partial charge on any atom is 0.349 e. The molecule has 0 aliphatic heterocycles. The van der Waals surface area contributed by atoms with Gasteiger partial charge in [-0.2, -0.15) is 4.98 Å². The number of nitrogens with zero attached hydrogens (tertiary/aromatic N) is 2. The minimum atomic E-state index is -1.19. The molecule has 15 heavy (non-hydrogen) atoms. The number of carboxylic acids is 1. The zero-order valence-corrected chi connectivity index (χ0v) is 10.1. The number of aromatic carboxylic acids is 1. The molecule has 1 aromatic rings. The van der Waals surface area contributed by atoms with Gasteiger partial charge in [0.05, 0.1) is 0 Å². The normalized spacial score (nSPS) is 12.4. The van der Waals surface area contributed by atoms with Crippen LogP contribution < -0.4 is 11.4 Å². The SMILES string of the molecule is CC(I)Cn1cc(C(=O)O)c(N)nc1=O. The molecule has 1 heterocycles. The maximum atomic E-state index is 11.3. The predicted molar refractivity (Wildman–Crippen MR) is 63.4 cm³/mol. The summed E-state index contributed by atoms with van der Waals surface area (Å²) in [5.41, 5.74) is 4.64. The number of rotatable bonds is 3. The molecule has 0 aromatic carbocycles. The monoisotopic (exact) mass is 323 g/mol. The summed E-state index contributed by atoms with van der Waals surface area (Å²) in [4.78, 5) is 25.5. The van der Waals surface area contributed by atoms with Crippen LogP contribution in [0.4, 0.5) is 5.82 Å². The summed E-state index contributed by atoms with van der Waals surface area (Å²) in [6, 6.07) is 0. The summed E-state index contributed by atoms with van der Waals surface area (Å²) in [5, 5.41) is 8.78. The first-order valence-electron chi connectivity index (χ1n) is 4.16. The van der Waals surface area contributed by atoms with Crippen molar-refractivity contribution in [3.63, 3.8) is 0 Å². The van der Waals surface area contributed by atoms with Crippen molar-refractivity contribution in [1.82, 2.24) is 9.55 Å². The van der Waals surface area contributed by atoms with E-state index in [9.17, 15) is 9.59 Å². The van der Waals surface area contributed by atoms with Crippen LogP contribution in [0.3, 0.4) is 0 Å². The number of aromatic nitrogens is 2. The topological polar surface area (TPSA) is 98.2 Å². The van der Waals surface area contributed by atoms with Crippen molar-refractivity contribution in [3.8, 4) is 0 Å². The van der Waals surface area contributed by atoms with Gasteiger partial charge in [-0.05, 0) is 0 Å². The van der Waals surface area contributed by atoms with E-state index in [-0.39, 0.29) is 15.3 Å². The molecule has 0 fully saturated rings. The molecule has 1 atom stereocenters. The number of alkyl halides is 1. The number of carbonyl (C=O) groups is 1. The third kappa shape index (κ3) is 2.91. The fourth-order valence-corrected chi connectivity index (χ4v) is 1.50. The van der Waals surface area contributed by atoms with Crippen LogP contribution >= 0.6 is 22.6 Å². The van der Waals surface area contributed by atoms with E-state index in [0.717, 1.165) is 0 Å². The van der Waals surface area contributed by atoms with Crippen molar-refractivity contribution in [2.75, 3.05) is 5.73 Å². The minimum Gasteiger partial charge on any atom is -0.478 e. The second kappa shape index (κ2) is 4.60. The van der Waals surface area contributed by atoms with Gasteiger partial charge in [-0.1, -0.05) is 29.5 Å². The first kappa shape index (κ1) is 12.0. The van der Waals surface area contributed by atoms with Gasteiger partial charge in [0.1, 0.15) is 11.4 Å². The van der Waals surface area contributed by atoms with Crippen LogP contribution in [0.2, 0.25) is 0 Å². The summed E-state index contributed by atoms with van der Waals surface area (Å²) in [6.07, 6.45) is 1.22. The Bertz CT molecular complexity index is 441. The van der Waals surface area contributed by atoms with Crippen molar-refractivity contribution >= 4 is 34.4 Å². The van der Waals surface area contributed by atoms with Crippen LogP contribution in [0.15, 0.2) is 11.0 Å². The van der Waals surface area contributed by atoms with Crippen LogP contribution in [0.5, 0.6) is 0 Å². The second-order valence-electron chi connectivity index (χ2n) is 3.06. The highest BCUT2D eigenvalue weighted by molar-refractivity contribution is 14.1. The Kier molecular flexibility index (Phi) is 3.66. The van der Waals surface area contributed by atoms with Crippen molar-refractivity contribution in [2.24, 2.45) is 0 Å². The average molecular weight is 323 g/mol. The van der Waals surface area contributed by atoms with E-state index in [4.69, 9.17) is 10.8 Å². The maximum absolute atomic E-state index is 11.3. The lowest BCUT2D eigenvalue weighted by Crippen LogP contribution is -2.28. The van der Waals surface area contributed by atoms with Gasteiger partial charge in [-0.3, -0.25) is 4.57 Å². The Morgan fingerprint density at radius 1 is 1.80 bits per heavy atom. The van der Waals surface area contributed by atoms with Crippen LogP contribution in [0, 0.1) is 0 Å². The molecule has 0 saturated carbocycles. The van der Waals surface area contributed by atoms with Crippen molar-refractivity contribution < 1.29 is 9.90 Å². The van der Waals surface area contributed by atoms with Crippen molar-refractivity contribution in [1.29, 1.82) is 0 Å². The summed E-state index contributed by atoms with van der Waals surface area (Å²) in [5.74, 6) is -1.43. The van der Waals surface area contributed by atoms with E-state index in [1.165, 1.54) is 10.8 Å². The van der Waals surface area contributed by atoms with E-state index in [2.05, 4.69) is 27.6 Å². The highest BCUT2D eigenvalue weighted by Crippen LogP contribution is 2.07. The van der Waals surface area contributed by atoms with Gasteiger partial charge in [0.25, 0.3) is 0 Å². The van der Waals surface area contributed by atoms with Gasteiger partial charge < -0.3 is 10.8 Å². The molecule has 1 rings (SSSR count). The number of anilines is 1. The molecule has 0 radical (unpaired) electrons. The van der Waals surface area contributed by atoms with Gasteiger partial charge in [-0.25, -0.2) is 9.59 Å². The summed E-state index contributed by atoms with van der Waals surface area (Å²) < 4.78 is 1.45. The van der Waals surface area contributed by atoms with E-state index in [1.807, 2.05) is 6.92 Å². The third-order valence-corrected chi connectivity index (χ3v) is 2.10. The lowest BCUT2D eigenvalue weighted by atomic mass is 10.3.